The number of hydrogen-bond donors (Lipinski definition) is 2. The van der Waals surface area contributed by atoms with Gasteiger partial charge in [0.05, 0.1) is 0 Å². The summed E-state index contributed by atoms with van der Waals surface area (Å²) in [6.07, 6.45) is 5.74. The van der Waals surface area contributed by atoms with Crippen LogP contribution in [0.5, 0.6) is 0 Å². The van der Waals surface area contributed by atoms with E-state index in [1.807, 2.05) is 4.57 Å². The van der Waals surface area contributed by atoms with Gasteiger partial charge in [0.2, 0.25) is 0 Å². The highest BCUT2D eigenvalue weighted by Gasteiger charge is 2.21. The molecule has 0 bridgehead atoms. The van der Waals surface area contributed by atoms with Gasteiger partial charge in [-0.15, -0.1) is 12.4 Å². The van der Waals surface area contributed by atoms with E-state index in [1.54, 1.807) is 6.20 Å². The first kappa shape index (κ1) is 17.4. The predicted octanol–water partition coefficient (Wildman–Crippen LogP) is 0.919. The third-order valence-corrected chi connectivity index (χ3v) is 4.51. The van der Waals surface area contributed by atoms with Crippen molar-refractivity contribution in [2.75, 3.05) is 19.6 Å². The first-order valence-corrected chi connectivity index (χ1v) is 8.38. The number of imidazole rings is 1. The maximum Gasteiger partial charge on any atom is 0.259 e. The molecule has 0 radical (unpaired) electrons. The number of sulfonamides is 1. The molecule has 6 nitrogen and oxygen atoms in total. The molecule has 8 heteroatoms. The van der Waals surface area contributed by atoms with Gasteiger partial charge in [-0.3, -0.25) is 0 Å². The zero-order chi connectivity index (χ0) is 13.7. The minimum atomic E-state index is -3.46. The molecule has 116 valence electrons. The fraction of sp³-hybridized carbons (Fsp3) is 0.750. The Bertz CT molecular complexity index is 492. The van der Waals surface area contributed by atoms with Crippen molar-refractivity contribution in [3.05, 3.63) is 12.0 Å². The molecule has 0 fully saturated rings. The zero-order valence-corrected chi connectivity index (χ0v) is 13.4. The Hall–Kier alpha value is -0.630. The van der Waals surface area contributed by atoms with Crippen LogP contribution in [0.3, 0.4) is 0 Å². The summed E-state index contributed by atoms with van der Waals surface area (Å²) in [7, 11) is -3.46. The van der Waals surface area contributed by atoms with E-state index in [-0.39, 0.29) is 17.4 Å². The normalized spacial score (nSPS) is 14.7. The summed E-state index contributed by atoms with van der Waals surface area (Å²) in [5, 5.41) is 3.31. The smallest absolute Gasteiger partial charge is 0.259 e. The SMILES string of the molecule is CCCNCCNS(=O)(=O)c1cn2c(n1)CCCC2.Cl. The molecule has 20 heavy (non-hydrogen) atoms. The Labute approximate surface area is 126 Å². The molecule has 0 aliphatic carbocycles. The number of aromatic nitrogens is 2. The lowest BCUT2D eigenvalue weighted by atomic mass is 10.2. The molecule has 1 aromatic rings. The molecule has 0 saturated carbocycles. The molecular formula is C12H23ClN4O2S. The van der Waals surface area contributed by atoms with Crippen molar-refractivity contribution in [1.29, 1.82) is 0 Å². The minimum Gasteiger partial charge on any atom is -0.333 e. The van der Waals surface area contributed by atoms with Crippen LogP contribution in [-0.4, -0.2) is 37.6 Å². The van der Waals surface area contributed by atoms with Crippen molar-refractivity contribution in [2.24, 2.45) is 0 Å². The predicted molar refractivity (Wildman–Crippen MR) is 80.8 cm³/mol. The highest BCUT2D eigenvalue weighted by Crippen LogP contribution is 2.16. The largest absolute Gasteiger partial charge is 0.333 e. The van der Waals surface area contributed by atoms with Gasteiger partial charge in [0.1, 0.15) is 5.82 Å². The number of aryl methyl sites for hydroxylation is 2. The quantitative estimate of drug-likeness (QED) is 0.732. The van der Waals surface area contributed by atoms with Crippen LogP contribution in [0.2, 0.25) is 0 Å². The lowest BCUT2D eigenvalue weighted by Crippen LogP contribution is -2.32. The minimum absolute atomic E-state index is 0. The van der Waals surface area contributed by atoms with E-state index in [0.717, 1.165) is 44.6 Å². The van der Waals surface area contributed by atoms with Crippen LogP contribution in [0.4, 0.5) is 0 Å². The van der Waals surface area contributed by atoms with Crippen LogP contribution in [0.25, 0.3) is 0 Å². The van der Waals surface area contributed by atoms with Crippen molar-refractivity contribution in [2.45, 2.75) is 44.2 Å². The summed E-state index contributed by atoms with van der Waals surface area (Å²) in [4.78, 5) is 4.23. The Morgan fingerprint density at radius 1 is 1.30 bits per heavy atom. The van der Waals surface area contributed by atoms with Crippen LogP contribution in [-0.2, 0) is 23.0 Å². The zero-order valence-electron chi connectivity index (χ0n) is 11.8. The van der Waals surface area contributed by atoms with Crippen molar-refractivity contribution in [1.82, 2.24) is 19.6 Å². The summed E-state index contributed by atoms with van der Waals surface area (Å²) in [6, 6.07) is 0. The molecule has 0 unspecified atom stereocenters. The first-order chi connectivity index (χ1) is 9.13. The topological polar surface area (TPSA) is 76.0 Å². The van der Waals surface area contributed by atoms with Crippen LogP contribution in [0, 0.1) is 0 Å². The number of hydrogen-bond acceptors (Lipinski definition) is 4. The molecule has 2 N–H and O–H groups in total. The first-order valence-electron chi connectivity index (χ1n) is 6.90. The van der Waals surface area contributed by atoms with Gasteiger partial charge < -0.3 is 9.88 Å². The number of fused-ring (bicyclic) bond motifs is 1. The molecule has 2 rings (SSSR count). The lowest BCUT2D eigenvalue weighted by Gasteiger charge is -2.11. The molecule has 1 aromatic heterocycles. The average molecular weight is 323 g/mol. The fourth-order valence-corrected chi connectivity index (χ4v) is 3.18. The van der Waals surface area contributed by atoms with Gasteiger partial charge in [-0.05, 0) is 25.8 Å². The van der Waals surface area contributed by atoms with Gasteiger partial charge in [-0.2, -0.15) is 0 Å². The van der Waals surface area contributed by atoms with Gasteiger partial charge in [-0.25, -0.2) is 18.1 Å². The third kappa shape index (κ3) is 4.44. The van der Waals surface area contributed by atoms with Crippen LogP contribution in [0.1, 0.15) is 32.0 Å². The highest BCUT2D eigenvalue weighted by atomic mass is 35.5. The van der Waals surface area contributed by atoms with E-state index in [1.165, 1.54) is 0 Å². The van der Waals surface area contributed by atoms with E-state index in [2.05, 4.69) is 21.9 Å². The molecule has 2 heterocycles. The second-order valence-electron chi connectivity index (χ2n) is 4.79. The summed E-state index contributed by atoms with van der Waals surface area (Å²) in [6.45, 7) is 4.88. The third-order valence-electron chi connectivity index (χ3n) is 3.18. The van der Waals surface area contributed by atoms with E-state index < -0.39 is 10.0 Å². The van der Waals surface area contributed by atoms with Gasteiger partial charge >= 0.3 is 0 Å². The summed E-state index contributed by atoms with van der Waals surface area (Å²) < 4.78 is 28.7. The Kier molecular flexibility index (Phi) is 6.94. The lowest BCUT2D eigenvalue weighted by molar-refractivity contribution is 0.522. The van der Waals surface area contributed by atoms with E-state index in [0.29, 0.717) is 13.1 Å². The monoisotopic (exact) mass is 322 g/mol. The second kappa shape index (κ2) is 7.97. The number of rotatable bonds is 7. The van der Waals surface area contributed by atoms with Gasteiger partial charge in [-0.1, -0.05) is 6.92 Å². The fourth-order valence-electron chi connectivity index (χ4n) is 2.17. The molecular weight excluding hydrogens is 300 g/mol. The maximum atomic E-state index is 12.1. The van der Waals surface area contributed by atoms with Crippen LogP contribution < -0.4 is 10.0 Å². The van der Waals surface area contributed by atoms with Crippen molar-refractivity contribution < 1.29 is 8.42 Å². The highest BCUT2D eigenvalue weighted by molar-refractivity contribution is 7.89. The molecule has 0 spiro atoms. The standard InChI is InChI=1S/C12H22N4O2S.ClH/c1-2-6-13-7-8-14-19(17,18)12-10-16-9-4-3-5-11(16)15-12;/h10,13-14H,2-9H2,1H3;1H. The summed E-state index contributed by atoms with van der Waals surface area (Å²) in [5.41, 5.74) is 0. The Morgan fingerprint density at radius 2 is 2.10 bits per heavy atom. The maximum absolute atomic E-state index is 12.1. The van der Waals surface area contributed by atoms with Gasteiger partial charge in [0.15, 0.2) is 5.03 Å². The molecule has 0 atom stereocenters. The Morgan fingerprint density at radius 3 is 2.80 bits per heavy atom. The van der Waals surface area contributed by atoms with Crippen molar-refractivity contribution in [3.63, 3.8) is 0 Å². The Balaban J connectivity index is 0.00000200. The van der Waals surface area contributed by atoms with E-state index >= 15 is 0 Å². The van der Waals surface area contributed by atoms with Gasteiger partial charge in [0, 0.05) is 32.3 Å². The van der Waals surface area contributed by atoms with Crippen LogP contribution in [0.15, 0.2) is 11.2 Å². The second-order valence-corrected chi connectivity index (χ2v) is 6.51. The number of nitrogens with one attached hydrogen (secondary N) is 2. The molecule has 0 saturated heterocycles. The van der Waals surface area contributed by atoms with E-state index in [9.17, 15) is 8.42 Å². The summed E-state index contributed by atoms with van der Waals surface area (Å²) >= 11 is 0. The average Bonchev–Trinajstić information content (AvgIpc) is 2.83. The molecule has 0 aromatic carbocycles. The number of nitrogens with zero attached hydrogens (tertiary/aromatic N) is 2. The molecule has 1 aliphatic rings. The van der Waals surface area contributed by atoms with Crippen molar-refractivity contribution >= 4 is 22.4 Å². The number of halogens is 1. The molecule has 0 amide bonds. The van der Waals surface area contributed by atoms with Crippen LogP contribution >= 0.6 is 12.4 Å². The van der Waals surface area contributed by atoms with E-state index in [4.69, 9.17) is 0 Å². The summed E-state index contributed by atoms with van der Waals surface area (Å²) in [5.74, 6) is 0.885. The molecule has 1 aliphatic heterocycles. The van der Waals surface area contributed by atoms with Gasteiger partial charge in [0.25, 0.3) is 10.0 Å². The van der Waals surface area contributed by atoms with Crippen molar-refractivity contribution in [3.8, 4) is 0 Å².